The normalized spacial score (nSPS) is 12.8. The van der Waals surface area contributed by atoms with Gasteiger partial charge in [-0.05, 0) is 52.3 Å². The topological polar surface area (TPSA) is 50.4 Å². The van der Waals surface area contributed by atoms with Crippen molar-refractivity contribution >= 4 is 17.7 Å². The number of hydrogen-bond donors (Lipinski definition) is 2. The summed E-state index contributed by atoms with van der Waals surface area (Å²) in [5, 5.41) is 6.89. The van der Waals surface area contributed by atoms with Crippen LogP contribution >= 0.6 is 11.6 Å². The van der Waals surface area contributed by atoms with Gasteiger partial charge in [0.25, 0.3) is 0 Å². The number of alkyl carbamates (subject to hydrolysis) is 1. The van der Waals surface area contributed by atoms with E-state index in [1.165, 1.54) is 0 Å². The number of nitrogens with one attached hydrogen (secondary N) is 2. The molecule has 5 heteroatoms. The van der Waals surface area contributed by atoms with Gasteiger partial charge in [-0.2, -0.15) is 0 Å². The quantitative estimate of drug-likeness (QED) is 0.783. The van der Waals surface area contributed by atoms with E-state index in [1.807, 2.05) is 45.0 Å². The van der Waals surface area contributed by atoms with Crippen LogP contribution < -0.4 is 10.6 Å². The highest BCUT2D eigenvalue weighted by Crippen LogP contribution is 2.21. The molecule has 1 aromatic carbocycles. The number of amides is 1. The number of ether oxygens (including phenoxy) is 1. The second kappa shape index (κ2) is 8.25. The van der Waals surface area contributed by atoms with E-state index in [9.17, 15) is 4.79 Å². The van der Waals surface area contributed by atoms with Gasteiger partial charge in [-0.15, -0.1) is 0 Å². The van der Waals surface area contributed by atoms with E-state index in [4.69, 9.17) is 16.3 Å². The van der Waals surface area contributed by atoms with Crippen molar-refractivity contribution in [1.29, 1.82) is 0 Å². The molecule has 0 radical (unpaired) electrons. The maximum absolute atomic E-state index is 11.5. The van der Waals surface area contributed by atoms with Crippen LogP contribution in [-0.2, 0) is 4.74 Å². The van der Waals surface area contributed by atoms with Gasteiger partial charge in [0.15, 0.2) is 0 Å². The Hall–Kier alpha value is -1.26. The molecule has 0 saturated carbocycles. The predicted molar refractivity (Wildman–Crippen MR) is 86.7 cm³/mol. The maximum atomic E-state index is 11.5. The summed E-state index contributed by atoms with van der Waals surface area (Å²) in [6, 6.07) is 7.98. The fourth-order valence-corrected chi connectivity index (χ4v) is 2.15. The summed E-state index contributed by atoms with van der Waals surface area (Å²) in [4.78, 5) is 11.5. The first kappa shape index (κ1) is 17.8. The van der Waals surface area contributed by atoms with Crippen LogP contribution in [0.15, 0.2) is 24.3 Å². The van der Waals surface area contributed by atoms with E-state index in [2.05, 4.69) is 17.6 Å². The molecule has 0 aliphatic carbocycles. The summed E-state index contributed by atoms with van der Waals surface area (Å²) in [5.74, 6) is 0. The van der Waals surface area contributed by atoms with Crippen molar-refractivity contribution in [2.24, 2.45) is 0 Å². The first-order chi connectivity index (χ1) is 9.79. The molecule has 1 aromatic rings. The molecule has 0 fully saturated rings. The second-order valence-electron chi connectivity index (χ2n) is 5.98. The molecule has 4 nitrogen and oxygen atoms in total. The van der Waals surface area contributed by atoms with Crippen molar-refractivity contribution in [3.05, 3.63) is 34.9 Å². The lowest BCUT2D eigenvalue weighted by Crippen LogP contribution is -2.34. The molecule has 0 aliphatic rings. The van der Waals surface area contributed by atoms with Crippen LogP contribution in [0.5, 0.6) is 0 Å². The Morgan fingerprint density at radius 2 is 1.95 bits per heavy atom. The molecule has 0 unspecified atom stereocenters. The van der Waals surface area contributed by atoms with Crippen molar-refractivity contribution < 1.29 is 9.53 Å². The van der Waals surface area contributed by atoms with Crippen molar-refractivity contribution in [3.8, 4) is 0 Å². The van der Waals surface area contributed by atoms with E-state index in [0.29, 0.717) is 6.54 Å². The van der Waals surface area contributed by atoms with Gasteiger partial charge in [0.2, 0.25) is 0 Å². The smallest absolute Gasteiger partial charge is 0.407 e. The van der Waals surface area contributed by atoms with Gasteiger partial charge in [-0.3, -0.25) is 0 Å². The third-order valence-electron chi connectivity index (χ3n) is 2.84. The summed E-state index contributed by atoms with van der Waals surface area (Å²) in [5.41, 5.74) is 0.625. The zero-order valence-corrected chi connectivity index (χ0v) is 14.0. The molecule has 0 aromatic heterocycles. The average Bonchev–Trinajstić information content (AvgIpc) is 2.36. The monoisotopic (exact) mass is 312 g/mol. The largest absolute Gasteiger partial charge is 0.444 e. The Kier molecular flexibility index (Phi) is 6.99. The SMILES string of the molecule is C[C@H](NCCCNC(=O)OC(C)(C)C)c1ccccc1Cl. The summed E-state index contributed by atoms with van der Waals surface area (Å²) in [6.07, 6.45) is 0.454. The fourth-order valence-electron chi connectivity index (χ4n) is 1.85. The van der Waals surface area contributed by atoms with Crippen molar-refractivity contribution in [3.63, 3.8) is 0 Å². The van der Waals surface area contributed by atoms with E-state index in [-0.39, 0.29) is 12.1 Å². The van der Waals surface area contributed by atoms with Gasteiger partial charge in [0, 0.05) is 17.6 Å². The maximum Gasteiger partial charge on any atom is 0.407 e. The Morgan fingerprint density at radius 3 is 2.57 bits per heavy atom. The Bertz CT molecular complexity index is 458. The highest BCUT2D eigenvalue weighted by molar-refractivity contribution is 6.31. The Labute approximate surface area is 132 Å². The molecule has 0 saturated heterocycles. The lowest BCUT2D eigenvalue weighted by atomic mass is 10.1. The van der Waals surface area contributed by atoms with Gasteiger partial charge in [0.05, 0.1) is 0 Å². The van der Waals surface area contributed by atoms with Crippen LogP contribution in [0.1, 0.15) is 45.7 Å². The van der Waals surface area contributed by atoms with Gasteiger partial charge >= 0.3 is 6.09 Å². The third kappa shape index (κ3) is 7.34. The minimum Gasteiger partial charge on any atom is -0.444 e. The van der Waals surface area contributed by atoms with Crippen LogP contribution in [0.4, 0.5) is 4.79 Å². The Balaban J connectivity index is 2.20. The number of carbonyl (C=O) groups excluding carboxylic acids is 1. The van der Waals surface area contributed by atoms with Crippen LogP contribution in [0.2, 0.25) is 5.02 Å². The van der Waals surface area contributed by atoms with Crippen LogP contribution in [0, 0.1) is 0 Å². The zero-order valence-electron chi connectivity index (χ0n) is 13.2. The van der Waals surface area contributed by atoms with Gasteiger partial charge in [-0.25, -0.2) is 4.79 Å². The molecule has 2 N–H and O–H groups in total. The van der Waals surface area contributed by atoms with Crippen molar-refractivity contribution in [1.82, 2.24) is 10.6 Å². The molecule has 21 heavy (non-hydrogen) atoms. The van der Waals surface area contributed by atoms with Crippen LogP contribution in [-0.4, -0.2) is 24.8 Å². The van der Waals surface area contributed by atoms with Gasteiger partial charge in [-0.1, -0.05) is 29.8 Å². The summed E-state index contributed by atoms with van der Waals surface area (Å²) in [7, 11) is 0. The average molecular weight is 313 g/mol. The standard InChI is InChI=1S/C16H25ClN2O2/c1-12(13-8-5-6-9-14(13)17)18-10-7-11-19-15(20)21-16(2,3)4/h5-6,8-9,12,18H,7,10-11H2,1-4H3,(H,19,20)/t12-/m0/s1. The van der Waals surface area contributed by atoms with Crippen molar-refractivity contribution in [2.45, 2.75) is 45.8 Å². The minimum atomic E-state index is -0.457. The predicted octanol–water partition coefficient (Wildman–Crippen LogP) is 3.91. The molecule has 1 atom stereocenters. The number of halogens is 1. The third-order valence-corrected chi connectivity index (χ3v) is 3.19. The number of benzene rings is 1. The van der Waals surface area contributed by atoms with Crippen LogP contribution in [0.3, 0.4) is 0 Å². The van der Waals surface area contributed by atoms with E-state index in [1.54, 1.807) is 0 Å². The van der Waals surface area contributed by atoms with Gasteiger partial charge < -0.3 is 15.4 Å². The summed E-state index contributed by atoms with van der Waals surface area (Å²) in [6.45, 7) is 8.99. The summed E-state index contributed by atoms with van der Waals surface area (Å²) < 4.78 is 5.16. The molecule has 0 spiro atoms. The molecule has 1 rings (SSSR count). The number of rotatable bonds is 6. The van der Waals surface area contributed by atoms with E-state index < -0.39 is 5.60 Å². The fraction of sp³-hybridized carbons (Fsp3) is 0.562. The molecular formula is C16H25ClN2O2. The van der Waals surface area contributed by atoms with Gasteiger partial charge in [0.1, 0.15) is 5.60 Å². The lowest BCUT2D eigenvalue weighted by Gasteiger charge is -2.20. The molecule has 118 valence electrons. The molecule has 0 aliphatic heterocycles. The molecular weight excluding hydrogens is 288 g/mol. The molecule has 1 amide bonds. The number of hydrogen-bond acceptors (Lipinski definition) is 3. The zero-order chi connectivity index (χ0) is 15.9. The van der Waals surface area contributed by atoms with E-state index in [0.717, 1.165) is 23.6 Å². The first-order valence-corrected chi connectivity index (χ1v) is 7.62. The highest BCUT2D eigenvalue weighted by atomic mass is 35.5. The molecule has 0 bridgehead atoms. The highest BCUT2D eigenvalue weighted by Gasteiger charge is 2.15. The Morgan fingerprint density at radius 1 is 1.29 bits per heavy atom. The van der Waals surface area contributed by atoms with Crippen LogP contribution in [0.25, 0.3) is 0 Å². The lowest BCUT2D eigenvalue weighted by molar-refractivity contribution is 0.0527. The first-order valence-electron chi connectivity index (χ1n) is 7.24. The number of carbonyl (C=O) groups is 1. The summed E-state index contributed by atoms with van der Waals surface area (Å²) >= 11 is 6.15. The molecule has 0 heterocycles. The van der Waals surface area contributed by atoms with Crippen molar-refractivity contribution in [2.75, 3.05) is 13.1 Å². The van der Waals surface area contributed by atoms with E-state index >= 15 is 0 Å². The second-order valence-corrected chi connectivity index (χ2v) is 6.39. The minimum absolute atomic E-state index is 0.181.